The van der Waals surface area contributed by atoms with E-state index in [2.05, 4.69) is 5.32 Å². The molecule has 0 aromatic carbocycles. The lowest BCUT2D eigenvalue weighted by Crippen LogP contribution is -2.43. The lowest BCUT2D eigenvalue weighted by atomic mass is 9.97. The maximum Gasteiger partial charge on any atom is 0.303 e. The van der Waals surface area contributed by atoms with Gasteiger partial charge in [0.1, 0.15) is 0 Å². The molecule has 1 fully saturated rings. The van der Waals surface area contributed by atoms with Crippen molar-refractivity contribution in [3.05, 3.63) is 40.7 Å². The Morgan fingerprint density at radius 2 is 2.19 bits per heavy atom. The summed E-state index contributed by atoms with van der Waals surface area (Å²) >= 11 is 1.23. The van der Waals surface area contributed by atoms with Gasteiger partial charge in [-0.2, -0.15) is 0 Å². The molecule has 0 spiro atoms. The van der Waals surface area contributed by atoms with E-state index in [1.807, 2.05) is 6.92 Å². The standard InChI is InChI=1S/C19H22N2O5S/c1-12-11-15(20-18(24)14-6-4-10-26-14)27-17(12)19(25)21-9-3-2-5-13(21)7-8-16(22)23/h4,6,10-11,13H,2-3,5,7-9H2,1H3,(H,20,24)(H,22,23). The van der Waals surface area contributed by atoms with Crippen molar-refractivity contribution in [2.45, 2.75) is 45.1 Å². The maximum absolute atomic E-state index is 13.1. The van der Waals surface area contributed by atoms with E-state index in [9.17, 15) is 14.4 Å². The van der Waals surface area contributed by atoms with Gasteiger partial charge in [0, 0.05) is 19.0 Å². The summed E-state index contributed by atoms with van der Waals surface area (Å²) in [5, 5.41) is 12.3. The summed E-state index contributed by atoms with van der Waals surface area (Å²) in [6, 6.07) is 4.93. The first kappa shape index (κ1) is 19.2. The van der Waals surface area contributed by atoms with Crippen molar-refractivity contribution in [3.8, 4) is 0 Å². The molecular weight excluding hydrogens is 368 g/mol. The third-order valence-corrected chi connectivity index (χ3v) is 5.81. The van der Waals surface area contributed by atoms with Crippen LogP contribution < -0.4 is 5.32 Å². The number of amides is 2. The number of hydrogen-bond donors (Lipinski definition) is 2. The van der Waals surface area contributed by atoms with Crippen LogP contribution in [0.2, 0.25) is 0 Å². The Morgan fingerprint density at radius 1 is 1.37 bits per heavy atom. The Morgan fingerprint density at radius 3 is 2.89 bits per heavy atom. The van der Waals surface area contributed by atoms with Crippen LogP contribution in [-0.2, 0) is 4.79 Å². The summed E-state index contributed by atoms with van der Waals surface area (Å²) in [4.78, 5) is 38.4. The second-order valence-corrected chi connectivity index (χ2v) is 7.69. The maximum atomic E-state index is 13.1. The number of carbonyl (C=O) groups is 3. The van der Waals surface area contributed by atoms with E-state index in [0.717, 1.165) is 24.8 Å². The molecular formula is C19H22N2O5S. The third-order valence-electron chi connectivity index (χ3n) is 4.67. The number of nitrogens with zero attached hydrogens (tertiary/aromatic N) is 1. The first-order valence-corrected chi connectivity index (χ1v) is 9.75. The highest BCUT2D eigenvalue weighted by atomic mass is 32.1. The largest absolute Gasteiger partial charge is 0.481 e. The number of carboxylic acids is 1. The van der Waals surface area contributed by atoms with E-state index in [-0.39, 0.29) is 30.0 Å². The Bertz CT molecular complexity index is 827. The van der Waals surface area contributed by atoms with Crippen molar-refractivity contribution in [3.63, 3.8) is 0 Å². The highest BCUT2D eigenvalue weighted by Gasteiger charge is 2.29. The van der Waals surface area contributed by atoms with Gasteiger partial charge in [0.25, 0.3) is 11.8 Å². The van der Waals surface area contributed by atoms with Crippen LogP contribution in [0.15, 0.2) is 28.9 Å². The number of thiophene rings is 1. The average Bonchev–Trinajstić information content (AvgIpc) is 3.29. The van der Waals surface area contributed by atoms with E-state index in [4.69, 9.17) is 9.52 Å². The highest BCUT2D eigenvalue weighted by molar-refractivity contribution is 7.18. The summed E-state index contributed by atoms with van der Waals surface area (Å²) in [7, 11) is 0. The molecule has 0 bridgehead atoms. The van der Waals surface area contributed by atoms with Crippen molar-refractivity contribution >= 4 is 34.1 Å². The number of carboxylic acid groups (broad SMARTS) is 1. The summed E-state index contributed by atoms with van der Waals surface area (Å²) in [6.45, 7) is 2.47. The molecule has 27 heavy (non-hydrogen) atoms. The van der Waals surface area contributed by atoms with Crippen molar-refractivity contribution in [2.24, 2.45) is 0 Å². The lowest BCUT2D eigenvalue weighted by molar-refractivity contribution is -0.137. The molecule has 1 aliphatic rings. The summed E-state index contributed by atoms with van der Waals surface area (Å²) in [6.07, 6.45) is 4.70. The zero-order chi connectivity index (χ0) is 19.4. The molecule has 0 aliphatic carbocycles. The highest BCUT2D eigenvalue weighted by Crippen LogP contribution is 2.31. The second-order valence-electron chi connectivity index (χ2n) is 6.63. The minimum Gasteiger partial charge on any atom is -0.481 e. The van der Waals surface area contributed by atoms with Crippen molar-refractivity contribution in [1.82, 2.24) is 4.90 Å². The number of furan rings is 1. The summed E-state index contributed by atoms with van der Waals surface area (Å²) in [5.41, 5.74) is 0.794. The van der Waals surface area contributed by atoms with Gasteiger partial charge in [0.15, 0.2) is 5.76 Å². The van der Waals surface area contributed by atoms with Gasteiger partial charge in [-0.15, -0.1) is 11.3 Å². The number of likely N-dealkylation sites (tertiary alicyclic amines) is 1. The molecule has 7 nitrogen and oxygen atoms in total. The zero-order valence-electron chi connectivity index (χ0n) is 15.1. The average molecular weight is 390 g/mol. The second kappa shape index (κ2) is 8.39. The fourth-order valence-electron chi connectivity index (χ4n) is 3.33. The van der Waals surface area contributed by atoms with Crippen LogP contribution in [0, 0.1) is 6.92 Å². The quantitative estimate of drug-likeness (QED) is 0.782. The fourth-order valence-corrected chi connectivity index (χ4v) is 4.35. The number of piperidine rings is 1. The number of carbonyl (C=O) groups excluding carboxylic acids is 2. The van der Waals surface area contributed by atoms with Gasteiger partial charge in [0.05, 0.1) is 16.1 Å². The monoisotopic (exact) mass is 390 g/mol. The van der Waals surface area contributed by atoms with Gasteiger partial charge >= 0.3 is 5.97 Å². The van der Waals surface area contributed by atoms with Crippen LogP contribution in [0.5, 0.6) is 0 Å². The number of nitrogens with one attached hydrogen (secondary N) is 1. The molecule has 1 saturated heterocycles. The van der Waals surface area contributed by atoms with Gasteiger partial charge in [-0.05, 0) is 56.4 Å². The molecule has 1 aliphatic heterocycles. The van der Waals surface area contributed by atoms with Crippen LogP contribution >= 0.6 is 11.3 Å². The van der Waals surface area contributed by atoms with Crippen LogP contribution in [0.4, 0.5) is 5.00 Å². The molecule has 8 heteroatoms. The van der Waals surface area contributed by atoms with E-state index in [0.29, 0.717) is 22.8 Å². The van der Waals surface area contributed by atoms with Crippen molar-refractivity contribution in [1.29, 1.82) is 0 Å². The molecule has 144 valence electrons. The molecule has 1 atom stereocenters. The molecule has 1 unspecified atom stereocenters. The van der Waals surface area contributed by atoms with E-state index < -0.39 is 5.97 Å². The van der Waals surface area contributed by atoms with Gasteiger partial charge in [0.2, 0.25) is 0 Å². The van der Waals surface area contributed by atoms with Crippen LogP contribution in [0.1, 0.15) is 57.9 Å². The van der Waals surface area contributed by atoms with E-state index >= 15 is 0 Å². The normalized spacial score (nSPS) is 16.9. The van der Waals surface area contributed by atoms with Gasteiger partial charge in [-0.3, -0.25) is 14.4 Å². The number of hydrogen-bond acceptors (Lipinski definition) is 5. The number of aliphatic carboxylic acids is 1. The van der Waals surface area contributed by atoms with E-state index in [1.165, 1.54) is 17.6 Å². The van der Waals surface area contributed by atoms with E-state index in [1.54, 1.807) is 23.1 Å². The SMILES string of the molecule is Cc1cc(NC(=O)c2ccco2)sc1C(=O)N1CCCCC1CCC(=O)O. The predicted octanol–water partition coefficient (Wildman–Crippen LogP) is 3.76. The molecule has 0 saturated carbocycles. The predicted molar refractivity (Wildman–Crippen MR) is 101 cm³/mol. The number of rotatable bonds is 6. The Kier molecular flexibility index (Phi) is 5.95. The Balaban J connectivity index is 1.72. The first-order chi connectivity index (χ1) is 13.0. The zero-order valence-corrected chi connectivity index (χ0v) is 15.9. The molecule has 2 amide bonds. The Hall–Kier alpha value is -2.61. The number of anilines is 1. The lowest BCUT2D eigenvalue weighted by Gasteiger charge is -2.35. The molecule has 0 radical (unpaired) electrons. The molecule has 3 rings (SSSR count). The molecule has 2 aromatic rings. The number of aryl methyl sites for hydroxylation is 1. The molecule has 2 N–H and O–H groups in total. The topological polar surface area (TPSA) is 99.9 Å². The van der Waals surface area contributed by atoms with Crippen molar-refractivity contribution in [2.75, 3.05) is 11.9 Å². The first-order valence-electron chi connectivity index (χ1n) is 8.93. The van der Waals surface area contributed by atoms with Gasteiger partial charge in [-0.1, -0.05) is 0 Å². The van der Waals surface area contributed by atoms with Crippen molar-refractivity contribution < 1.29 is 23.9 Å². The minimum absolute atomic E-state index is 0.0509. The summed E-state index contributed by atoms with van der Waals surface area (Å²) in [5.74, 6) is -1.09. The van der Waals surface area contributed by atoms with Crippen LogP contribution in [-0.4, -0.2) is 40.4 Å². The molecule has 3 heterocycles. The van der Waals surface area contributed by atoms with Gasteiger partial charge in [-0.25, -0.2) is 0 Å². The Labute approximate surface area is 161 Å². The molecule has 2 aromatic heterocycles. The summed E-state index contributed by atoms with van der Waals surface area (Å²) < 4.78 is 5.08. The van der Waals surface area contributed by atoms with Gasteiger partial charge < -0.3 is 19.7 Å². The third kappa shape index (κ3) is 4.57. The fraction of sp³-hybridized carbons (Fsp3) is 0.421. The smallest absolute Gasteiger partial charge is 0.303 e. The minimum atomic E-state index is -0.844. The van der Waals surface area contributed by atoms with Crippen LogP contribution in [0.3, 0.4) is 0 Å². The van der Waals surface area contributed by atoms with Crippen LogP contribution in [0.25, 0.3) is 0 Å².